The van der Waals surface area contributed by atoms with Gasteiger partial charge in [0.2, 0.25) is 0 Å². The lowest BCUT2D eigenvalue weighted by Gasteiger charge is -2.53. The normalized spacial score (nSPS) is 20.4. The molecule has 1 aliphatic rings. The van der Waals surface area contributed by atoms with Crippen molar-refractivity contribution in [3.8, 4) is 16.9 Å². The van der Waals surface area contributed by atoms with Gasteiger partial charge in [-0.05, 0) is 70.1 Å². The van der Waals surface area contributed by atoms with Crippen molar-refractivity contribution in [3.63, 3.8) is 0 Å². The van der Waals surface area contributed by atoms with E-state index in [0.717, 1.165) is 29.7 Å². The van der Waals surface area contributed by atoms with Crippen LogP contribution in [0.15, 0.2) is 48.5 Å². The topological polar surface area (TPSA) is 12.5 Å². The average Bonchev–Trinajstić information content (AvgIpc) is 2.54. The first kappa shape index (κ1) is 17.9. The highest BCUT2D eigenvalue weighted by Crippen LogP contribution is 2.38. The summed E-state index contributed by atoms with van der Waals surface area (Å²) in [6, 6.07) is 14.7. The van der Waals surface area contributed by atoms with Crippen molar-refractivity contribution >= 4 is 0 Å². The van der Waals surface area contributed by atoms with Gasteiger partial charge >= 0.3 is 0 Å². The number of ether oxygens (including phenoxy) is 1. The Morgan fingerprint density at radius 2 is 1.28 bits per heavy atom. The summed E-state index contributed by atoms with van der Waals surface area (Å²) in [6.07, 6.45) is 2.22. The number of benzene rings is 2. The third-order valence-electron chi connectivity index (χ3n) is 5.61. The van der Waals surface area contributed by atoms with Crippen molar-refractivity contribution in [1.82, 2.24) is 4.90 Å². The molecule has 0 spiro atoms. The fourth-order valence-corrected chi connectivity index (χ4v) is 3.92. The van der Waals surface area contributed by atoms with Crippen LogP contribution in [0.5, 0.6) is 5.75 Å². The molecule has 3 heteroatoms. The van der Waals surface area contributed by atoms with E-state index in [4.69, 9.17) is 4.74 Å². The third kappa shape index (κ3) is 3.87. The van der Waals surface area contributed by atoms with Crippen LogP contribution >= 0.6 is 0 Å². The first-order valence-corrected chi connectivity index (χ1v) is 8.94. The van der Waals surface area contributed by atoms with Crippen LogP contribution in [0.2, 0.25) is 0 Å². The third-order valence-corrected chi connectivity index (χ3v) is 5.61. The number of hydrogen-bond acceptors (Lipinski definition) is 2. The molecule has 1 saturated heterocycles. The highest BCUT2D eigenvalue weighted by atomic mass is 19.1. The minimum atomic E-state index is -0.212. The Hall–Kier alpha value is -1.87. The van der Waals surface area contributed by atoms with E-state index in [0.29, 0.717) is 0 Å². The molecule has 25 heavy (non-hydrogen) atoms. The van der Waals surface area contributed by atoms with Gasteiger partial charge in [-0.15, -0.1) is 0 Å². The standard InChI is InChI=1S/C22H28FNO/c1-21(2)14-20(15-22(3,4)24(21)5)25-19-12-8-17(9-13-19)16-6-10-18(23)11-7-16/h6-13,20H,14-15H2,1-5H3. The minimum Gasteiger partial charge on any atom is -0.490 e. The lowest BCUT2D eigenvalue weighted by molar-refractivity contribution is -0.0556. The van der Waals surface area contributed by atoms with Gasteiger partial charge in [0.05, 0.1) is 0 Å². The van der Waals surface area contributed by atoms with Crippen molar-refractivity contribution in [1.29, 1.82) is 0 Å². The Balaban J connectivity index is 1.72. The largest absolute Gasteiger partial charge is 0.490 e. The highest BCUT2D eigenvalue weighted by molar-refractivity contribution is 5.64. The first-order valence-electron chi connectivity index (χ1n) is 8.94. The molecule has 1 fully saturated rings. The smallest absolute Gasteiger partial charge is 0.123 e. The second-order valence-electron chi connectivity index (χ2n) is 8.36. The molecule has 0 bridgehead atoms. The van der Waals surface area contributed by atoms with Crippen LogP contribution < -0.4 is 4.74 Å². The van der Waals surface area contributed by atoms with E-state index in [-0.39, 0.29) is 23.0 Å². The summed E-state index contributed by atoms with van der Waals surface area (Å²) in [5, 5.41) is 0. The Morgan fingerprint density at radius 1 is 0.840 bits per heavy atom. The molecule has 0 amide bonds. The summed E-state index contributed by atoms with van der Waals surface area (Å²) < 4.78 is 19.4. The van der Waals surface area contributed by atoms with Crippen molar-refractivity contribution < 1.29 is 9.13 Å². The number of rotatable bonds is 3. The van der Waals surface area contributed by atoms with E-state index in [1.807, 2.05) is 24.3 Å². The Labute approximate surface area is 150 Å². The maximum atomic E-state index is 13.1. The van der Waals surface area contributed by atoms with E-state index in [9.17, 15) is 4.39 Å². The van der Waals surface area contributed by atoms with Gasteiger partial charge in [-0.3, -0.25) is 4.90 Å². The van der Waals surface area contributed by atoms with Crippen molar-refractivity contribution in [2.45, 2.75) is 57.7 Å². The molecular formula is C22H28FNO. The number of halogens is 1. The summed E-state index contributed by atoms with van der Waals surface area (Å²) in [6.45, 7) is 9.12. The van der Waals surface area contributed by atoms with Gasteiger partial charge in [0, 0.05) is 23.9 Å². The number of piperidine rings is 1. The molecule has 2 nitrogen and oxygen atoms in total. The van der Waals surface area contributed by atoms with Crippen LogP contribution in [0.25, 0.3) is 11.1 Å². The zero-order valence-corrected chi connectivity index (χ0v) is 15.8. The van der Waals surface area contributed by atoms with Crippen LogP contribution in [0.4, 0.5) is 4.39 Å². The second-order valence-corrected chi connectivity index (χ2v) is 8.36. The molecular weight excluding hydrogens is 313 g/mol. The second kappa shape index (κ2) is 6.45. The monoisotopic (exact) mass is 341 g/mol. The van der Waals surface area contributed by atoms with Gasteiger partial charge in [0.1, 0.15) is 17.7 Å². The van der Waals surface area contributed by atoms with E-state index in [1.165, 1.54) is 12.1 Å². The predicted molar refractivity (Wildman–Crippen MR) is 101 cm³/mol. The summed E-state index contributed by atoms with van der Waals surface area (Å²) in [4.78, 5) is 2.46. The van der Waals surface area contributed by atoms with Crippen molar-refractivity contribution in [2.75, 3.05) is 7.05 Å². The molecule has 2 aromatic rings. The zero-order valence-electron chi connectivity index (χ0n) is 15.8. The van der Waals surface area contributed by atoms with Crippen LogP contribution in [-0.2, 0) is 0 Å². The van der Waals surface area contributed by atoms with Gasteiger partial charge in [0.25, 0.3) is 0 Å². The van der Waals surface area contributed by atoms with Gasteiger partial charge in [0.15, 0.2) is 0 Å². The molecule has 0 aliphatic carbocycles. The summed E-state index contributed by atoms with van der Waals surface area (Å²) >= 11 is 0. The number of likely N-dealkylation sites (tertiary alicyclic amines) is 1. The fraction of sp³-hybridized carbons (Fsp3) is 0.455. The SMILES string of the molecule is CN1C(C)(C)CC(Oc2ccc(-c3ccc(F)cc3)cc2)CC1(C)C. The van der Waals surface area contributed by atoms with Crippen LogP contribution in [0, 0.1) is 5.82 Å². The molecule has 0 N–H and O–H groups in total. The molecule has 0 atom stereocenters. The van der Waals surface area contributed by atoms with E-state index in [2.05, 4.69) is 39.6 Å². The average molecular weight is 341 g/mol. The lowest BCUT2D eigenvalue weighted by atomic mass is 9.79. The Kier molecular flexibility index (Phi) is 4.63. The molecule has 1 aliphatic heterocycles. The van der Waals surface area contributed by atoms with E-state index < -0.39 is 0 Å². The van der Waals surface area contributed by atoms with Crippen LogP contribution in [0.3, 0.4) is 0 Å². The minimum absolute atomic E-state index is 0.112. The van der Waals surface area contributed by atoms with E-state index >= 15 is 0 Å². The lowest BCUT2D eigenvalue weighted by Crippen LogP contribution is -2.60. The van der Waals surface area contributed by atoms with Gasteiger partial charge in [-0.25, -0.2) is 4.39 Å². The Bertz CT molecular complexity index is 701. The zero-order chi connectivity index (χ0) is 18.2. The predicted octanol–water partition coefficient (Wildman–Crippen LogP) is 5.52. The highest BCUT2D eigenvalue weighted by Gasteiger charge is 2.43. The maximum absolute atomic E-state index is 13.1. The van der Waals surface area contributed by atoms with E-state index in [1.54, 1.807) is 12.1 Å². The molecule has 3 rings (SSSR count). The molecule has 2 aromatic carbocycles. The Morgan fingerprint density at radius 3 is 1.76 bits per heavy atom. The first-order chi connectivity index (χ1) is 11.7. The summed E-state index contributed by atoms with van der Waals surface area (Å²) in [5.74, 6) is 0.684. The van der Waals surface area contributed by atoms with Crippen LogP contribution in [-0.4, -0.2) is 29.1 Å². The molecule has 134 valence electrons. The summed E-state index contributed by atoms with van der Waals surface area (Å²) in [7, 11) is 2.20. The molecule has 0 unspecified atom stereocenters. The van der Waals surface area contributed by atoms with Crippen molar-refractivity contribution in [3.05, 3.63) is 54.3 Å². The number of hydrogen-bond donors (Lipinski definition) is 0. The van der Waals surface area contributed by atoms with Gasteiger partial charge < -0.3 is 4.74 Å². The quantitative estimate of drug-likeness (QED) is 0.728. The molecule has 1 heterocycles. The maximum Gasteiger partial charge on any atom is 0.123 e. The number of nitrogens with zero attached hydrogens (tertiary/aromatic N) is 1. The van der Waals surface area contributed by atoms with Crippen molar-refractivity contribution in [2.24, 2.45) is 0 Å². The molecule has 0 aromatic heterocycles. The fourth-order valence-electron chi connectivity index (χ4n) is 3.92. The van der Waals surface area contributed by atoms with Gasteiger partial charge in [-0.2, -0.15) is 0 Å². The van der Waals surface area contributed by atoms with Gasteiger partial charge in [-0.1, -0.05) is 24.3 Å². The molecule has 0 radical (unpaired) electrons. The summed E-state index contributed by atoms with van der Waals surface area (Å²) in [5.41, 5.74) is 2.30. The van der Waals surface area contributed by atoms with Crippen LogP contribution in [0.1, 0.15) is 40.5 Å². The molecule has 0 saturated carbocycles.